The molecule has 0 saturated heterocycles. The number of aryl methyl sites for hydroxylation is 2. The van der Waals surface area contributed by atoms with Crippen LogP contribution in [0, 0.1) is 5.82 Å². The molecule has 140 valence electrons. The normalized spacial score (nSPS) is 11.7. The first kappa shape index (κ1) is 17.2. The van der Waals surface area contributed by atoms with Gasteiger partial charge in [-0.05, 0) is 30.7 Å². The zero-order chi connectivity index (χ0) is 19.3. The van der Waals surface area contributed by atoms with Gasteiger partial charge in [0.2, 0.25) is 5.78 Å². The van der Waals surface area contributed by atoms with Crippen molar-refractivity contribution in [1.29, 1.82) is 0 Å². The van der Waals surface area contributed by atoms with Crippen molar-refractivity contribution in [2.24, 2.45) is 14.1 Å². The molecule has 0 radical (unpaired) electrons. The van der Waals surface area contributed by atoms with E-state index in [0.29, 0.717) is 34.9 Å². The van der Waals surface area contributed by atoms with Gasteiger partial charge in [0.25, 0.3) is 5.56 Å². The van der Waals surface area contributed by atoms with Crippen LogP contribution in [0.5, 0.6) is 0 Å². The fourth-order valence-corrected chi connectivity index (χ4v) is 3.37. The molecular formula is C18H19FN6O2. The second-order valence-corrected chi connectivity index (χ2v) is 6.55. The third-order valence-electron chi connectivity index (χ3n) is 4.82. The Morgan fingerprint density at radius 3 is 2.41 bits per heavy atom. The lowest BCUT2D eigenvalue weighted by Gasteiger charge is -2.07. The topological polar surface area (TPSA) is 79.1 Å². The van der Waals surface area contributed by atoms with Crippen LogP contribution < -0.4 is 11.2 Å². The maximum absolute atomic E-state index is 13.3. The summed E-state index contributed by atoms with van der Waals surface area (Å²) in [6.07, 6.45) is 1.79. The molecule has 1 aromatic carbocycles. The van der Waals surface area contributed by atoms with Crippen molar-refractivity contribution >= 4 is 16.9 Å². The van der Waals surface area contributed by atoms with Crippen molar-refractivity contribution in [2.75, 3.05) is 0 Å². The van der Waals surface area contributed by atoms with Crippen molar-refractivity contribution in [3.05, 3.63) is 50.9 Å². The highest BCUT2D eigenvalue weighted by molar-refractivity contribution is 5.79. The highest BCUT2D eigenvalue weighted by Crippen LogP contribution is 2.24. The van der Waals surface area contributed by atoms with E-state index in [9.17, 15) is 14.0 Å². The molecule has 0 atom stereocenters. The highest BCUT2D eigenvalue weighted by Gasteiger charge is 2.23. The Bertz CT molecular complexity index is 1280. The minimum absolute atomic E-state index is 0.355. The molecule has 4 rings (SSSR count). The van der Waals surface area contributed by atoms with Crippen LogP contribution in [0.3, 0.4) is 0 Å². The van der Waals surface area contributed by atoms with Crippen molar-refractivity contribution in [3.63, 3.8) is 0 Å². The predicted molar refractivity (Wildman–Crippen MR) is 99.3 cm³/mol. The third-order valence-corrected chi connectivity index (χ3v) is 4.82. The quantitative estimate of drug-likeness (QED) is 0.548. The first-order valence-corrected chi connectivity index (χ1v) is 8.75. The average molecular weight is 370 g/mol. The van der Waals surface area contributed by atoms with Gasteiger partial charge in [0.05, 0.1) is 0 Å². The molecule has 0 spiro atoms. The summed E-state index contributed by atoms with van der Waals surface area (Å²) in [5, 5.41) is 8.51. The second kappa shape index (κ2) is 6.19. The lowest BCUT2D eigenvalue weighted by molar-refractivity contribution is 0.628. The summed E-state index contributed by atoms with van der Waals surface area (Å²) < 4.78 is 19.3. The maximum Gasteiger partial charge on any atom is 0.332 e. The Labute approximate surface area is 153 Å². The fraction of sp³-hybridized carbons (Fsp3) is 0.333. The molecule has 3 aromatic heterocycles. The summed E-state index contributed by atoms with van der Waals surface area (Å²) in [4.78, 5) is 25.4. The van der Waals surface area contributed by atoms with Crippen LogP contribution in [0.1, 0.15) is 19.8 Å². The molecule has 0 saturated carbocycles. The van der Waals surface area contributed by atoms with Crippen LogP contribution in [0.4, 0.5) is 4.39 Å². The van der Waals surface area contributed by atoms with Crippen molar-refractivity contribution < 1.29 is 4.39 Å². The van der Waals surface area contributed by atoms with Crippen molar-refractivity contribution in [3.8, 4) is 11.4 Å². The summed E-state index contributed by atoms with van der Waals surface area (Å²) in [6.45, 7) is 2.64. The van der Waals surface area contributed by atoms with Crippen LogP contribution >= 0.6 is 0 Å². The van der Waals surface area contributed by atoms with Crippen molar-refractivity contribution in [1.82, 2.24) is 28.3 Å². The smallest absolute Gasteiger partial charge is 0.302 e. The van der Waals surface area contributed by atoms with Gasteiger partial charge in [-0.2, -0.15) is 0 Å². The molecule has 0 bridgehead atoms. The van der Waals surface area contributed by atoms with Gasteiger partial charge in [0, 0.05) is 26.2 Å². The van der Waals surface area contributed by atoms with E-state index in [1.54, 1.807) is 28.1 Å². The van der Waals surface area contributed by atoms with Gasteiger partial charge in [-0.1, -0.05) is 13.3 Å². The molecular weight excluding hydrogens is 351 g/mol. The lowest BCUT2D eigenvalue weighted by atomic mass is 10.2. The number of fused-ring (bicyclic) bond motifs is 3. The van der Waals surface area contributed by atoms with E-state index in [1.165, 1.54) is 23.7 Å². The van der Waals surface area contributed by atoms with Crippen LogP contribution in [0.25, 0.3) is 28.3 Å². The van der Waals surface area contributed by atoms with E-state index in [2.05, 4.69) is 17.1 Å². The van der Waals surface area contributed by atoms with Crippen LogP contribution in [0.2, 0.25) is 0 Å². The number of unbranched alkanes of at least 4 members (excludes halogenated alkanes) is 1. The first-order valence-electron chi connectivity index (χ1n) is 8.75. The number of halogens is 1. The maximum atomic E-state index is 13.3. The summed E-state index contributed by atoms with van der Waals surface area (Å²) in [7, 11) is 3.07. The molecule has 27 heavy (non-hydrogen) atoms. The Morgan fingerprint density at radius 1 is 1.04 bits per heavy atom. The lowest BCUT2D eigenvalue weighted by Crippen LogP contribution is -2.37. The Hall–Kier alpha value is -3.23. The summed E-state index contributed by atoms with van der Waals surface area (Å²) in [5.74, 6) is 0.579. The fourth-order valence-electron chi connectivity index (χ4n) is 3.37. The molecule has 0 aliphatic rings. The van der Waals surface area contributed by atoms with Crippen LogP contribution in [-0.4, -0.2) is 28.3 Å². The zero-order valence-corrected chi connectivity index (χ0v) is 15.3. The van der Waals surface area contributed by atoms with E-state index in [-0.39, 0.29) is 11.4 Å². The SMILES string of the molecule is CCCCn1c2c(=O)n(C)c(=O)n(C)c2n2c(-c3ccc(F)cc3)nnc12. The monoisotopic (exact) mass is 370 g/mol. The van der Waals surface area contributed by atoms with E-state index < -0.39 is 5.69 Å². The molecule has 8 nitrogen and oxygen atoms in total. The Morgan fingerprint density at radius 2 is 1.74 bits per heavy atom. The van der Waals surface area contributed by atoms with Gasteiger partial charge < -0.3 is 4.57 Å². The molecule has 0 aliphatic heterocycles. The van der Waals surface area contributed by atoms with Gasteiger partial charge >= 0.3 is 5.69 Å². The van der Waals surface area contributed by atoms with Gasteiger partial charge in [0.15, 0.2) is 17.0 Å². The third kappa shape index (κ3) is 2.42. The van der Waals surface area contributed by atoms with E-state index >= 15 is 0 Å². The molecule has 4 aromatic rings. The van der Waals surface area contributed by atoms with E-state index in [4.69, 9.17) is 0 Å². The molecule has 9 heteroatoms. The second-order valence-electron chi connectivity index (χ2n) is 6.55. The van der Waals surface area contributed by atoms with E-state index in [0.717, 1.165) is 17.4 Å². The number of aromatic nitrogens is 6. The average Bonchev–Trinajstić information content (AvgIpc) is 3.22. The number of rotatable bonds is 4. The highest BCUT2D eigenvalue weighted by atomic mass is 19.1. The Balaban J connectivity index is 2.18. The standard InChI is InChI=1S/C18H19FN6O2/c1-4-5-10-24-13-15(22(2)18(27)23(3)16(13)26)25-14(20-21-17(24)25)11-6-8-12(19)9-7-11/h6-9H,4-5,10H2,1-3H3. The van der Waals surface area contributed by atoms with Gasteiger partial charge in [-0.15, -0.1) is 10.2 Å². The summed E-state index contributed by atoms with van der Waals surface area (Å²) >= 11 is 0. The zero-order valence-electron chi connectivity index (χ0n) is 15.3. The minimum Gasteiger partial charge on any atom is -0.302 e. The number of nitrogens with zero attached hydrogens (tertiary/aromatic N) is 6. The number of hydrogen-bond donors (Lipinski definition) is 0. The molecule has 0 fully saturated rings. The minimum atomic E-state index is -0.430. The largest absolute Gasteiger partial charge is 0.332 e. The number of benzene rings is 1. The predicted octanol–water partition coefficient (Wildman–Crippen LogP) is 1.69. The molecule has 0 aliphatic carbocycles. The van der Waals surface area contributed by atoms with Gasteiger partial charge in [0.1, 0.15) is 5.82 Å². The summed E-state index contributed by atoms with van der Waals surface area (Å²) in [6, 6.07) is 5.87. The summed E-state index contributed by atoms with van der Waals surface area (Å²) in [5.41, 5.74) is 0.673. The van der Waals surface area contributed by atoms with Gasteiger partial charge in [-0.3, -0.25) is 13.9 Å². The molecule has 0 N–H and O–H groups in total. The van der Waals surface area contributed by atoms with Crippen LogP contribution in [0.15, 0.2) is 33.9 Å². The first-order chi connectivity index (χ1) is 13.0. The Kier molecular flexibility index (Phi) is 3.94. The molecule has 0 unspecified atom stereocenters. The molecule has 3 heterocycles. The van der Waals surface area contributed by atoms with Crippen molar-refractivity contribution in [2.45, 2.75) is 26.3 Å². The van der Waals surface area contributed by atoms with E-state index in [1.807, 2.05) is 0 Å². The molecule has 0 amide bonds. The van der Waals surface area contributed by atoms with Crippen LogP contribution in [-0.2, 0) is 20.6 Å². The number of imidazole rings is 1. The number of hydrogen-bond acceptors (Lipinski definition) is 4. The van der Waals surface area contributed by atoms with Gasteiger partial charge in [-0.25, -0.2) is 13.6 Å².